The number of nitrogens with zero attached hydrogens (tertiary/aromatic N) is 7. The molecule has 2 aliphatic rings. The van der Waals surface area contributed by atoms with E-state index in [1.54, 1.807) is 29.8 Å². The molecule has 5 rings (SSSR count). The topological polar surface area (TPSA) is 107 Å². The zero-order valence-corrected chi connectivity index (χ0v) is 23.8. The smallest absolute Gasteiger partial charge is 0.252 e. The Labute approximate surface area is 240 Å². The maximum atomic E-state index is 12.9. The monoisotopic (exact) mass is 558 g/mol. The van der Waals surface area contributed by atoms with Crippen molar-refractivity contribution in [3.05, 3.63) is 65.6 Å². The first-order chi connectivity index (χ1) is 19.9. The summed E-state index contributed by atoms with van der Waals surface area (Å²) in [6, 6.07) is 11.6. The lowest BCUT2D eigenvalue weighted by molar-refractivity contribution is -0.129. The Bertz CT molecular complexity index is 1460. The van der Waals surface area contributed by atoms with Gasteiger partial charge in [0.25, 0.3) is 5.56 Å². The molecule has 1 aromatic carbocycles. The van der Waals surface area contributed by atoms with Gasteiger partial charge in [0.05, 0.1) is 0 Å². The summed E-state index contributed by atoms with van der Waals surface area (Å²) in [6.45, 7) is 13.6. The van der Waals surface area contributed by atoms with Gasteiger partial charge in [-0.25, -0.2) is 4.98 Å². The number of fused-ring (bicyclic) bond motifs is 1. The number of carbonyl (C=O) groups excluding carboxylic acids is 2. The number of aromatic nitrogens is 3. The first-order valence-corrected chi connectivity index (χ1v) is 14.3. The summed E-state index contributed by atoms with van der Waals surface area (Å²) in [5.41, 5.74) is 2.43. The van der Waals surface area contributed by atoms with E-state index < -0.39 is 0 Å². The lowest BCUT2D eigenvalue weighted by Gasteiger charge is -2.41. The van der Waals surface area contributed by atoms with Crippen LogP contribution < -0.4 is 15.8 Å². The minimum absolute atomic E-state index is 0.0350. The number of pyridine rings is 1. The minimum atomic E-state index is -0.107. The van der Waals surface area contributed by atoms with Crippen LogP contribution in [0.15, 0.2) is 60.0 Å². The summed E-state index contributed by atoms with van der Waals surface area (Å²) in [5.74, 6) is 0.504. The number of hydrogen-bond donors (Lipinski definition) is 1. The van der Waals surface area contributed by atoms with Crippen LogP contribution in [0, 0.1) is 0 Å². The Kier molecular flexibility index (Phi) is 8.63. The average molecular weight is 559 g/mol. The van der Waals surface area contributed by atoms with Gasteiger partial charge in [-0.15, -0.1) is 0 Å². The fourth-order valence-corrected chi connectivity index (χ4v) is 5.64. The lowest BCUT2D eigenvalue weighted by atomic mass is 10.1. The second-order valence-electron chi connectivity index (χ2n) is 10.5. The van der Waals surface area contributed by atoms with E-state index in [0.29, 0.717) is 37.8 Å². The van der Waals surface area contributed by atoms with E-state index in [0.717, 1.165) is 55.9 Å². The molecule has 0 radical (unpaired) electrons. The van der Waals surface area contributed by atoms with Gasteiger partial charge in [0.1, 0.15) is 5.65 Å². The van der Waals surface area contributed by atoms with Gasteiger partial charge in [-0.2, -0.15) is 4.98 Å². The van der Waals surface area contributed by atoms with E-state index >= 15 is 0 Å². The molecule has 11 nitrogen and oxygen atoms in total. The van der Waals surface area contributed by atoms with Crippen molar-refractivity contribution in [3.8, 4) is 0 Å². The minimum Gasteiger partial charge on any atom is -0.368 e. The van der Waals surface area contributed by atoms with E-state index in [9.17, 15) is 14.4 Å². The highest BCUT2D eigenvalue weighted by molar-refractivity contribution is 5.87. The molecule has 41 heavy (non-hydrogen) atoms. The molecule has 4 heterocycles. The quantitative estimate of drug-likeness (QED) is 0.420. The third-order valence-corrected chi connectivity index (χ3v) is 8.11. The summed E-state index contributed by atoms with van der Waals surface area (Å²) >= 11 is 0. The standard InChI is InChI=1S/C30H38N8O3/c1-4-25-21-37(27(40)5-2)17-16-35(25)18-19-38-28(41)11-6-23-20-31-30(33-29(23)38)32-24-7-9-26(10-8-24)36-14-12-34(13-15-36)22(3)39/h5-11,20,25H,2,4,12-19,21H2,1,3H3,(H,31,32,33). The highest BCUT2D eigenvalue weighted by atomic mass is 16.2. The zero-order valence-electron chi connectivity index (χ0n) is 23.8. The second-order valence-corrected chi connectivity index (χ2v) is 10.5. The largest absolute Gasteiger partial charge is 0.368 e. The molecule has 11 heteroatoms. The number of carbonyl (C=O) groups is 2. The number of rotatable bonds is 8. The van der Waals surface area contributed by atoms with Crippen LogP contribution in [-0.2, 0) is 16.1 Å². The van der Waals surface area contributed by atoms with Crippen LogP contribution in [0.4, 0.5) is 17.3 Å². The molecule has 0 spiro atoms. The zero-order chi connectivity index (χ0) is 28.9. The summed E-state index contributed by atoms with van der Waals surface area (Å²) in [5, 5.41) is 4.07. The summed E-state index contributed by atoms with van der Waals surface area (Å²) in [6.07, 6.45) is 4.02. The van der Waals surface area contributed by atoms with Crippen LogP contribution in [0.25, 0.3) is 11.0 Å². The normalized spacial score (nSPS) is 18.0. The van der Waals surface area contributed by atoms with E-state index in [-0.39, 0.29) is 23.4 Å². The fourth-order valence-electron chi connectivity index (χ4n) is 5.64. The predicted octanol–water partition coefficient (Wildman–Crippen LogP) is 2.31. The molecular weight excluding hydrogens is 520 g/mol. The maximum Gasteiger partial charge on any atom is 0.252 e. The summed E-state index contributed by atoms with van der Waals surface area (Å²) in [7, 11) is 0. The Morgan fingerprint density at radius 3 is 2.41 bits per heavy atom. The van der Waals surface area contributed by atoms with Crippen molar-refractivity contribution >= 4 is 40.2 Å². The molecule has 0 saturated carbocycles. The number of nitrogens with one attached hydrogen (secondary N) is 1. The third kappa shape index (κ3) is 6.40. The first kappa shape index (κ1) is 28.3. The van der Waals surface area contributed by atoms with Crippen LogP contribution in [0.3, 0.4) is 0 Å². The molecule has 216 valence electrons. The number of hydrogen-bond acceptors (Lipinski definition) is 8. The molecule has 1 unspecified atom stereocenters. The molecule has 2 fully saturated rings. The van der Waals surface area contributed by atoms with Crippen molar-refractivity contribution in [2.45, 2.75) is 32.9 Å². The second kappa shape index (κ2) is 12.5. The molecule has 1 N–H and O–H groups in total. The van der Waals surface area contributed by atoms with Crippen LogP contribution in [-0.4, -0.2) is 99.4 Å². The van der Waals surface area contributed by atoms with Gasteiger partial charge in [-0.3, -0.25) is 23.9 Å². The van der Waals surface area contributed by atoms with Gasteiger partial charge in [0.2, 0.25) is 17.8 Å². The molecule has 2 amide bonds. The van der Waals surface area contributed by atoms with Crippen LogP contribution >= 0.6 is 0 Å². The van der Waals surface area contributed by atoms with Gasteiger partial charge in [0.15, 0.2) is 0 Å². The van der Waals surface area contributed by atoms with E-state index in [1.165, 1.54) is 6.08 Å². The van der Waals surface area contributed by atoms with Gasteiger partial charge >= 0.3 is 0 Å². The number of anilines is 3. The lowest BCUT2D eigenvalue weighted by Crippen LogP contribution is -2.55. The van der Waals surface area contributed by atoms with Crippen LogP contribution in [0.5, 0.6) is 0 Å². The molecular formula is C30H38N8O3. The summed E-state index contributed by atoms with van der Waals surface area (Å²) < 4.78 is 1.71. The van der Waals surface area contributed by atoms with Gasteiger partial charge < -0.3 is 20.0 Å². The van der Waals surface area contributed by atoms with E-state index in [4.69, 9.17) is 4.98 Å². The van der Waals surface area contributed by atoms with E-state index in [2.05, 4.69) is 45.7 Å². The number of piperazine rings is 2. The van der Waals surface area contributed by atoms with Crippen LogP contribution in [0.1, 0.15) is 20.3 Å². The molecule has 0 bridgehead atoms. The van der Waals surface area contributed by atoms with Crippen molar-refractivity contribution in [1.29, 1.82) is 0 Å². The maximum absolute atomic E-state index is 12.9. The van der Waals surface area contributed by atoms with E-state index in [1.807, 2.05) is 21.9 Å². The molecule has 2 aromatic heterocycles. The van der Waals surface area contributed by atoms with Crippen molar-refractivity contribution in [1.82, 2.24) is 29.2 Å². The van der Waals surface area contributed by atoms with Gasteiger partial charge in [-0.05, 0) is 42.8 Å². The molecule has 0 aliphatic carbocycles. The van der Waals surface area contributed by atoms with Gasteiger partial charge in [-0.1, -0.05) is 13.5 Å². The van der Waals surface area contributed by atoms with Crippen LogP contribution in [0.2, 0.25) is 0 Å². The molecule has 3 aromatic rings. The Morgan fingerprint density at radius 1 is 1.00 bits per heavy atom. The van der Waals surface area contributed by atoms with Gasteiger partial charge in [0, 0.05) is 101 Å². The molecule has 2 saturated heterocycles. The Morgan fingerprint density at radius 2 is 1.73 bits per heavy atom. The molecule has 1 atom stereocenters. The Balaban J connectivity index is 1.27. The SMILES string of the molecule is C=CC(=O)N1CCN(CCn2c(=O)ccc3cnc(Nc4ccc(N5CCN(C(C)=O)CC5)cc4)nc32)C(CC)C1. The highest BCUT2D eigenvalue weighted by Gasteiger charge is 2.27. The summed E-state index contributed by atoms with van der Waals surface area (Å²) in [4.78, 5) is 54.2. The first-order valence-electron chi connectivity index (χ1n) is 14.3. The number of benzene rings is 1. The fraction of sp³-hybridized carbons (Fsp3) is 0.433. The average Bonchev–Trinajstić information content (AvgIpc) is 3.00. The highest BCUT2D eigenvalue weighted by Crippen LogP contribution is 2.22. The van der Waals surface area contributed by atoms with Crippen molar-refractivity contribution in [3.63, 3.8) is 0 Å². The predicted molar refractivity (Wildman–Crippen MR) is 160 cm³/mol. The van der Waals surface area contributed by atoms with Crippen molar-refractivity contribution in [2.24, 2.45) is 0 Å². The number of amides is 2. The third-order valence-electron chi connectivity index (χ3n) is 8.11. The Hall–Kier alpha value is -4.25. The van der Waals surface area contributed by atoms with Crippen molar-refractivity contribution in [2.75, 3.05) is 62.6 Å². The van der Waals surface area contributed by atoms with Crippen molar-refractivity contribution < 1.29 is 9.59 Å². The molecule has 2 aliphatic heterocycles.